The Kier molecular flexibility index (Phi) is 4.87. The highest BCUT2D eigenvalue weighted by Gasteiger charge is 2.29. The number of methoxy groups -OCH3 is 2. The van der Waals surface area contributed by atoms with E-state index in [1.807, 2.05) is 6.07 Å². The van der Waals surface area contributed by atoms with Gasteiger partial charge in [-0.15, -0.1) is 0 Å². The van der Waals surface area contributed by atoms with E-state index in [1.165, 1.54) is 23.1 Å². The molecule has 0 bridgehead atoms. The highest BCUT2D eigenvalue weighted by Crippen LogP contribution is 2.42. The number of ether oxygens (including phenoxy) is 2. The van der Waals surface area contributed by atoms with Gasteiger partial charge in [-0.3, -0.25) is 0 Å². The molecule has 3 rings (SSSR count). The summed E-state index contributed by atoms with van der Waals surface area (Å²) < 4.78 is 11.0. The van der Waals surface area contributed by atoms with Crippen LogP contribution in [0.1, 0.15) is 41.5 Å². The summed E-state index contributed by atoms with van der Waals surface area (Å²) in [5, 5.41) is 3.69. The quantitative estimate of drug-likeness (QED) is 0.917. The van der Waals surface area contributed by atoms with E-state index < -0.39 is 0 Å². The highest BCUT2D eigenvalue weighted by molar-refractivity contribution is 5.42. The maximum atomic E-state index is 5.63. The molecular weight excluding hydrogens is 286 g/mol. The lowest BCUT2D eigenvalue weighted by Gasteiger charge is -2.34. The van der Waals surface area contributed by atoms with Crippen molar-refractivity contribution in [2.24, 2.45) is 0 Å². The van der Waals surface area contributed by atoms with Gasteiger partial charge in [0.05, 0.1) is 14.2 Å². The number of rotatable bonds is 4. The lowest BCUT2D eigenvalue weighted by Crippen LogP contribution is -2.33. The summed E-state index contributed by atoms with van der Waals surface area (Å²) in [6, 6.07) is 15.1. The summed E-state index contributed by atoms with van der Waals surface area (Å²) in [6.45, 7) is 3.19. The van der Waals surface area contributed by atoms with Crippen molar-refractivity contribution >= 4 is 0 Å². The van der Waals surface area contributed by atoms with E-state index in [0.717, 1.165) is 24.5 Å². The van der Waals surface area contributed by atoms with E-state index in [2.05, 4.69) is 48.6 Å². The highest BCUT2D eigenvalue weighted by atomic mass is 16.5. The average Bonchev–Trinajstić information content (AvgIpc) is 2.61. The first-order valence-electron chi connectivity index (χ1n) is 8.25. The van der Waals surface area contributed by atoms with Crippen molar-refractivity contribution in [3.05, 3.63) is 59.2 Å². The lowest BCUT2D eigenvalue weighted by atomic mass is 9.80. The van der Waals surface area contributed by atoms with E-state index in [-0.39, 0.29) is 6.04 Å². The minimum absolute atomic E-state index is 0.287. The van der Waals surface area contributed by atoms with Crippen molar-refractivity contribution in [1.82, 2.24) is 5.32 Å². The summed E-state index contributed by atoms with van der Waals surface area (Å²) in [5.41, 5.74) is 3.85. The first kappa shape index (κ1) is 15.9. The van der Waals surface area contributed by atoms with Crippen LogP contribution in [0.25, 0.3) is 0 Å². The molecule has 0 aliphatic carbocycles. The SMILES string of the molecule is COc1cccc([C@H]2NCCC[C@H]2c2cc(C)ccc2OC)c1. The van der Waals surface area contributed by atoms with Crippen molar-refractivity contribution in [3.63, 3.8) is 0 Å². The fourth-order valence-electron chi connectivity index (χ4n) is 3.55. The Morgan fingerprint density at radius 3 is 2.70 bits per heavy atom. The zero-order chi connectivity index (χ0) is 16.2. The second-order valence-electron chi connectivity index (χ2n) is 6.20. The molecule has 0 radical (unpaired) electrons. The Bertz CT molecular complexity index is 668. The van der Waals surface area contributed by atoms with Gasteiger partial charge in [0.1, 0.15) is 11.5 Å². The normalized spacial score (nSPS) is 21.0. The van der Waals surface area contributed by atoms with Crippen LogP contribution in [-0.4, -0.2) is 20.8 Å². The van der Waals surface area contributed by atoms with Gasteiger partial charge < -0.3 is 14.8 Å². The van der Waals surface area contributed by atoms with Crippen molar-refractivity contribution in [2.45, 2.75) is 31.7 Å². The zero-order valence-electron chi connectivity index (χ0n) is 14.1. The van der Waals surface area contributed by atoms with Gasteiger partial charge >= 0.3 is 0 Å². The maximum absolute atomic E-state index is 5.63. The molecule has 2 atom stereocenters. The number of aryl methyl sites for hydroxylation is 1. The molecule has 2 aromatic carbocycles. The van der Waals surface area contributed by atoms with E-state index >= 15 is 0 Å². The Morgan fingerprint density at radius 1 is 1.04 bits per heavy atom. The first-order chi connectivity index (χ1) is 11.2. The van der Waals surface area contributed by atoms with E-state index in [9.17, 15) is 0 Å². The lowest BCUT2D eigenvalue weighted by molar-refractivity contribution is 0.340. The maximum Gasteiger partial charge on any atom is 0.122 e. The third-order valence-electron chi connectivity index (χ3n) is 4.70. The van der Waals surface area contributed by atoms with Crippen LogP contribution < -0.4 is 14.8 Å². The van der Waals surface area contributed by atoms with Gasteiger partial charge in [0.25, 0.3) is 0 Å². The Morgan fingerprint density at radius 2 is 1.91 bits per heavy atom. The topological polar surface area (TPSA) is 30.5 Å². The first-order valence-corrected chi connectivity index (χ1v) is 8.25. The smallest absolute Gasteiger partial charge is 0.122 e. The molecule has 0 aromatic heterocycles. The molecule has 1 N–H and O–H groups in total. The Hall–Kier alpha value is -2.00. The molecule has 0 amide bonds. The molecule has 1 fully saturated rings. The average molecular weight is 311 g/mol. The van der Waals surface area contributed by atoms with Crippen molar-refractivity contribution in [1.29, 1.82) is 0 Å². The largest absolute Gasteiger partial charge is 0.497 e. The van der Waals surface area contributed by atoms with Crippen LogP contribution in [0.4, 0.5) is 0 Å². The molecule has 1 aliphatic rings. The minimum atomic E-state index is 0.287. The predicted molar refractivity (Wildman–Crippen MR) is 93.4 cm³/mol. The standard InChI is InChI=1S/C20H25NO2/c1-14-9-10-19(23-3)18(12-14)17-8-5-11-21-20(17)15-6-4-7-16(13-15)22-2/h4,6-7,9-10,12-13,17,20-21H,5,8,11H2,1-3H3/t17-,20+/m0/s1. The van der Waals surface area contributed by atoms with Crippen LogP contribution >= 0.6 is 0 Å². The minimum Gasteiger partial charge on any atom is -0.497 e. The monoisotopic (exact) mass is 311 g/mol. The molecule has 3 heteroatoms. The second-order valence-corrected chi connectivity index (χ2v) is 6.20. The third-order valence-corrected chi connectivity index (χ3v) is 4.70. The fraction of sp³-hybridized carbons (Fsp3) is 0.400. The van der Waals surface area contributed by atoms with Gasteiger partial charge in [-0.2, -0.15) is 0 Å². The molecule has 2 aromatic rings. The van der Waals surface area contributed by atoms with E-state index in [4.69, 9.17) is 9.47 Å². The summed E-state index contributed by atoms with van der Waals surface area (Å²) in [7, 11) is 3.47. The van der Waals surface area contributed by atoms with Crippen LogP contribution in [0, 0.1) is 6.92 Å². The number of nitrogens with one attached hydrogen (secondary N) is 1. The summed E-state index contributed by atoms with van der Waals surface area (Å²) in [5.74, 6) is 2.30. The number of piperidine rings is 1. The van der Waals surface area contributed by atoms with Gasteiger partial charge in [-0.05, 0) is 55.6 Å². The third kappa shape index (κ3) is 3.35. The van der Waals surface area contributed by atoms with E-state index in [1.54, 1.807) is 14.2 Å². The molecule has 0 unspecified atom stereocenters. The number of benzene rings is 2. The Labute approximate surface area is 138 Å². The van der Waals surface area contributed by atoms with Gasteiger partial charge in [-0.25, -0.2) is 0 Å². The van der Waals surface area contributed by atoms with Gasteiger partial charge in [0, 0.05) is 12.0 Å². The van der Waals surface area contributed by atoms with Crippen LogP contribution in [0.2, 0.25) is 0 Å². The van der Waals surface area contributed by atoms with Crippen LogP contribution in [0.15, 0.2) is 42.5 Å². The molecule has 0 spiro atoms. The van der Waals surface area contributed by atoms with Crippen molar-refractivity contribution < 1.29 is 9.47 Å². The number of hydrogen-bond acceptors (Lipinski definition) is 3. The molecule has 1 aliphatic heterocycles. The van der Waals surface area contributed by atoms with Gasteiger partial charge in [-0.1, -0.05) is 29.8 Å². The van der Waals surface area contributed by atoms with Crippen molar-refractivity contribution in [3.8, 4) is 11.5 Å². The zero-order valence-corrected chi connectivity index (χ0v) is 14.1. The summed E-state index contributed by atoms with van der Waals surface area (Å²) >= 11 is 0. The number of hydrogen-bond donors (Lipinski definition) is 1. The molecule has 0 saturated carbocycles. The molecule has 1 saturated heterocycles. The molecule has 23 heavy (non-hydrogen) atoms. The van der Waals surface area contributed by atoms with E-state index in [0.29, 0.717) is 5.92 Å². The van der Waals surface area contributed by atoms with Gasteiger partial charge in [0.2, 0.25) is 0 Å². The Balaban J connectivity index is 2.00. The molecule has 1 heterocycles. The molecule has 122 valence electrons. The van der Waals surface area contributed by atoms with Crippen LogP contribution in [0.5, 0.6) is 11.5 Å². The molecule has 3 nitrogen and oxygen atoms in total. The summed E-state index contributed by atoms with van der Waals surface area (Å²) in [4.78, 5) is 0. The predicted octanol–water partition coefficient (Wildman–Crippen LogP) is 4.22. The van der Waals surface area contributed by atoms with Crippen molar-refractivity contribution in [2.75, 3.05) is 20.8 Å². The summed E-state index contributed by atoms with van der Waals surface area (Å²) in [6.07, 6.45) is 2.34. The van der Waals surface area contributed by atoms with Crippen LogP contribution in [0.3, 0.4) is 0 Å². The fourth-order valence-corrected chi connectivity index (χ4v) is 3.55. The van der Waals surface area contributed by atoms with Gasteiger partial charge in [0.15, 0.2) is 0 Å². The van der Waals surface area contributed by atoms with Crippen LogP contribution in [-0.2, 0) is 0 Å². The molecular formula is C20H25NO2. The second kappa shape index (κ2) is 7.05.